The summed E-state index contributed by atoms with van der Waals surface area (Å²) in [6.07, 6.45) is -2.80. The predicted octanol–water partition coefficient (Wildman–Crippen LogP) is 2.55. The molecule has 34 heteroatoms. The maximum atomic E-state index is 10.6. The van der Waals surface area contributed by atoms with Crippen LogP contribution in [-0.2, 0) is 20.0 Å². The number of thiophene rings is 1. The number of aryl methyl sites for hydroxylation is 1. The van der Waals surface area contributed by atoms with Crippen molar-refractivity contribution in [2.75, 3.05) is 39.8 Å². The molecule has 9 aromatic rings. The summed E-state index contributed by atoms with van der Waals surface area (Å²) in [5.74, 6) is 4.53. The van der Waals surface area contributed by atoms with Crippen LogP contribution in [0.15, 0.2) is 106 Å². The quantitative estimate of drug-likeness (QED) is 0.0263. The average molecular weight is 1370 g/mol. The van der Waals surface area contributed by atoms with Gasteiger partial charge in [-0.05, 0) is 61.2 Å². The van der Waals surface area contributed by atoms with Gasteiger partial charge in [0.2, 0.25) is 0 Å². The normalized spacial score (nSPS) is 27.3. The number of rotatable bonds is 22. The Kier molecular flexibility index (Phi) is 22.5. The van der Waals surface area contributed by atoms with E-state index in [4.69, 9.17) is 0 Å². The third-order valence-corrected chi connectivity index (χ3v) is 20.4. The molecule has 0 bridgehead atoms. The molecule has 8 aromatic heterocycles. The van der Waals surface area contributed by atoms with Crippen LogP contribution >= 0.6 is 46.6 Å². The van der Waals surface area contributed by atoms with Gasteiger partial charge in [0.25, 0.3) is 0 Å². The van der Waals surface area contributed by atoms with Crippen molar-refractivity contribution in [1.29, 1.82) is 0 Å². The summed E-state index contributed by atoms with van der Waals surface area (Å²) in [6.45, 7) is 7.47. The topological polar surface area (TPSA) is 433 Å². The Morgan fingerprint density at radius 1 is 0.511 bits per heavy atom. The summed E-state index contributed by atoms with van der Waals surface area (Å²) in [5, 5.41) is 151. The van der Waals surface area contributed by atoms with Crippen LogP contribution in [-0.4, -0.2) is 233 Å². The monoisotopic (exact) mass is 1370 g/mol. The van der Waals surface area contributed by atoms with Gasteiger partial charge in [-0.2, -0.15) is 0 Å². The first-order valence-corrected chi connectivity index (χ1v) is 34.9. The predicted molar refractivity (Wildman–Crippen MR) is 354 cm³/mol. The Balaban J connectivity index is 0.000000144. The van der Waals surface area contributed by atoms with Gasteiger partial charge in [-0.25, -0.2) is 43.9 Å². The maximum Gasteiger partial charge on any atom is 0.191 e. The van der Waals surface area contributed by atoms with Crippen LogP contribution < -0.4 is 16.0 Å². The highest BCUT2D eigenvalue weighted by atomic mass is 32.2. The van der Waals surface area contributed by atoms with Gasteiger partial charge < -0.3 is 76.7 Å². The van der Waals surface area contributed by atoms with Crippen molar-refractivity contribution >= 4 is 97.6 Å². The lowest BCUT2D eigenvalue weighted by Gasteiger charge is -2.41. The fourth-order valence-electron chi connectivity index (χ4n) is 11.0. The van der Waals surface area contributed by atoms with Crippen LogP contribution in [0.5, 0.6) is 0 Å². The van der Waals surface area contributed by atoms with Gasteiger partial charge in [-0.3, -0.25) is 0 Å². The highest BCUT2D eigenvalue weighted by molar-refractivity contribution is 7.99. The molecule has 0 saturated heterocycles. The van der Waals surface area contributed by atoms with E-state index in [1.165, 1.54) is 60.2 Å². The molecule has 30 nitrogen and oxygen atoms in total. The molecule has 2 saturated carbocycles. The lowest BCUT2D eigenvalue weighted by atomic mass is 9.83. The number of benzene rings is 1. The van der Waals surface area contributed by atoms with Gasteiger partial charge in [-0.1, -0.05) is 132 Å². The first kappa shape index (κ1) is 68.5. The number of nitrogens with zero attached hydrogens (tertiary/aromatic N) is 16. The number of aromatic nitrogens is 16. The van der Waals surface area contributed by atoms with Crippen molar-refractivity contribution in [3.8, 4) is 0 Å². The van der Waals surface area contributed by atoms with Crippen LogP contribution in [0, 0.1) is 0 Å². The molecule has 1 aromatic carbocycles. The SMILES string of the molecule is CCCSc1nc(NCCc2cccs2)c2nnn([C@@H]3C=C[C@H](O)[C@@H](O)[C@H]3O)c2n1.CCCSc1nc(NCc2cccn2C)c2nnn([C@@H]3C=C[C@H](O)[C@@H](O)[C@H]3O)c2n1.CCCSc1nc(N[C@@H]2C[C@H]2c2ccccc2)c2nnn(C3[C@@H](O)[C@@H](O)C(O)[C@@H](O)[C@H]3O)c2n1. The molecule has 2 unspecified atom stereocenters. The zero-order valence-corrected chi connectivity index (χ0v) is 54.9. The van der Waals surface area contributed by atoms with E-state index in [2.05, 4.69) is 114 Å². The lowest BCUT2D eigenvalue weighted by Crippen LogP contribution is -2.61. The van der Waals surface area contributed by atoms with E-state index >= 15 is 0 Å². The molecule has 502 valence electrons. The Bertz CT molecular complexity index is 4000. The molecule has 2 fully saturated rings. The van der Waals surface area contributed by atoms with Gasteiger partial charge in [-0.15, -0.1) is 26.6 Å². The third kappa shape index (κ3) is 15.0. The molecule has 0 amide bonds. The minimum atomic E-state index is -1.69. The molecule has 4 aliphatic rings. The molecule has 16 atom stereocenters. The summed E-state index contributed by atoms with van der Waals surface area (Å²) in [6, 6.07) is 15.8. The number of thioether (sulfide) groups is 3. The van der Waals surface area contributed by atoms with Crippen molar-refractivity contribution in [2.45, 2.75) is 172 Å². The largest absolute Gasteiger partial charge is 0.388 e. The minimum Gasteiger partial charge on any atom is -0.388 e. The van der Waals surface area contributed by atoms with Crippen molar-refractivity contribution in [1.82, 2.24) is 79.5 Å². The number of hydrogen-bond donors (Lipinski definition) is 14. The summed E-state index contributed by atoms with van der Waals surface area (Å²) < 4.78 is 6.17. The minimum absolute atomic E-state index is 0.166. The Morgan fingerprint density at radius 3 is 1.50 bits per heavy atom. The highest BCUT2D eigenvalue weighted by Gasteiger charge is 2.51. The molecule has 0 spiro atoms. The van der Waals surface area contributed by atoms with E-state index in [-0.39, 0.29) is 11.7 Å². The Morgan fingerprint density at radius 2 is 1.00 bits per heavy atom. The fourth-order valence-corrected chi connectivity index (χ4v) is 13.8. The number of fused-ring (bicyclic) bond motifs is 3. The lowest BCUT2D eigenvalue weighted by molar-refractivity contribution is -0.200. The molecule has 94 heavy (non-hydrogen) atoms. The van der Waals surface area contributed by atoms with Crippen LogP contribution in [0.2, 0.25) is 0 Å². The summed E-state index contributed by atoms with van der Waals surface area (Å²) in [7, 11) is 1.97. The maximum absolute atomic E-state index is 10.6. The van der Waals surface area contributed by atoms with E-state index in [1.54, 1.807) is 35.3 Å². The molecule has 13 rings (SSSR count). The summed E-state index contributed by atoms with van der Waals surface area (Å²) in [4.78, 5) is 28.9. The van der Waals surface area contributed by atoms with Crippen LogP contribution in [0.25, 0.3) is 33.5 Å². The molecule has 4 aliphatic carbocycles. The molecule has 14 N–H and O–H groups in total. The van der Waals surface area contributed by atoms with Crippen molar-refractivity contribution in [2.24, 2.45) is 7.05 Å². The van der Waals surface area contributed by atoms with Crippen LogP contribution in [0.1, 0.15) is 86.6 Å². The Hall–Kier alpha value is -6.87. The Labute approximate surface area is 555 Å². The number of aliphatic hydroxyl groups is 11. The fraction of sp³-hybridized carbons (Fsp3) is 0.500. The molecular weight excluding hydrogens is 1290 g/mol. The zero-order chi connectivity index (χ0) is 66.3. The summed E-state index contributed by atoms with van der Waals surface area (Å²) >= 11 is 6.24. The number of aliphatic hydroxyl groups excluding tert-OH is 11. The van der Waals surface area contributed by atoms with Gasteiger partial charge >= 0.3 is 0 Å². The van der Waals surface area contributed by atoms with Gasteiger partial charge in [0, 0.05) is 59.6 Å². The van der Waals surface area contributed by atoms with Gasteiger partial charge in [0.1, 0.15) is 85.3 Å². The average Bonchev–Trinajstić information content (AvgIpc) is 1.58. The van der Waals surface area contributed by atoms with Gasteiger partial charge in [0.15, 0.2) is 66.4 Å². The molecule has 0 radical (unpaired) electrons. The van der Waals surface area contributed by atoms with Gasteiger partial charge in [0.05, 0.1) is 6.54 Å². The zero-order valence-electron chi connectivity index (χ0n) is 51.7. The second-order valence-corrected chi connectivity index (χ2v) is 27.3. The van der Waals surface area contributed by atoms with Crippen molar-refractivity contribution in [3.63, 3.8) is 0 Å². The first-order chi connectivity index (χ1) is 45.5. The molecule has 8 heterocycles. The molecule has 0 aliphatic heterocycles. The van der Waals surface area contributed by atoms with E-state index < -0.39 is 85.3 Å². The van der Waals surface area contributed by atoms with E-state index in [0.29, 0.717) is 79.8 Å². The number of nitrogens with one attached hydrogen (secondary N) is 3. The van der Waals surface area contributed by atoms with E-state index in [9.17, 15) is 56.2 Å². The highest BCUT2D eigenvalue weighted by Crippen LogP contribution is 2.44. The molecular formula is C60H77N19O11S4. The smallest absolute Gasteiger partial charge is 0.191 e. The number of hydrogen-bond acceptors (Lipinski definition) is 30. The second kappa shape index (κ2) is 30.9. The number of anilines is 3. The van der Waals surface area contributed by atoms with Crippen LogP contribution in [0.4, 0.5) is 17.5 Å². The third-order valence-electron chi connectivity index (χ3n) is 16.3. The second-order valence-electron chi connectivity index (χ2n) is 23.1. The van der Waals surface area contributed by atoms with E-state index in [0.717, 1.165) is 55.1 Å². The summed E-state index contributed by atoms with van der Waals surface area (Å²) in [5.41, 5.74) is 4.84. The standard InChI is InChI=1S/C22H28N6O5S.C19H25N7O3S.C19H24N6O3S2/c1-2-8-34-22-24-20(23-12-9-11(12)10-6-4-3-5-7-10)13-21(25-22)28(27-26-13)14-15(29)17(31)19(33)18(32)16(14)30;1-3-9-30-19-21-17(20-10-11-5-4-8-25(11)2)14-18(22-19)26(24-23-14)12-6-7-13(27)16(29)15(12)28;1-2-9-30-19-21-17(20-8-7-11-4-3-10-29-11)14-18(22-19)25(24-23-14)12-5-6-13(26)16(28)15(12)27/h3-7,11-12,14-19,29-33H,2,8-9H2,1H3,(H,23,24,25);4-8,12-13,15-16,27-29H,3,9-10H2,1-2H3,(H,20,21,22);3-6,10,12-13,15-16,26-28H,2,7-9H2,1H3,(H,20,21,22)/t11-,12+,14?,15-,16+,17-,18+,19?;2*12-,13+,15+,16-/m011/s1. The van der Waals surface area contributed by atoms with Crippen LogP contribution in [0.3, 0.4) is 0 Å². The van der Waals surface area contributed by atoms with Crippen molar-refractivity contribution in [3.05, 3.63) is 107 Å². The van der Waals surface area contributed by atoms with E-state index in [1.807, 2.05) is 61.1 Å². The first-order valence-electron chi connectivity index (χ1n) is 31.0. The van der Waals surface area contributed by atoms with Crippen molar-refractivity contribution < 1.29 is 56.2 Å².